The minimum Gasteiger partial charge on any atom is -0.480 e. The molecule has 0 amide bonds. The van der Waals surface area contributed by atoms with E-state index in [-0.39, 0.29) is 0 Å². The Hall–Kier alpha value is -2.10. The Kier molecular flexibility index (Phi) is 2.95. The Balaban J connectivity index is 2.50. The van der Waals surface area contributed by atoms with Crippen LogP contribution in [-0.2, 0) is 11.8 Å². The maximum absolute atomic E-state index is 11.4. The van der Waals surface area contributed by atoms with E-state index in [1.807, 2.05) is 31.2 Å². The molecule has 4 heteroatoms. The van der Waals surface area contributed by atoms with Crippen LogP contribution in [0.4, 0.5) is 0 Å². The monoisotopic (exact) mass is 230 g/mol. The van der Waals surface area contributed by atoms with E-state index in [0.29, 0.717) is 5.82 Å². The van der Waals surface area contributed by atoms with Gasteiger partial charge in [0, 0.05) is 19.4 Å². The molecule has 0 radical (unpaired) electrons. The molecule has 0 aliphatic carbocycles. The molecule has 1 aromatic heterocycles. The molecule has 0 saturated carbocycles. The molecule has 0 saturated heterocycles. The summed E-state index contributed by atoms with van der Waals surface area (Å²) in [5.41, 5.74) is 1.80. The molecule has 1 heterocycles. The summed E-state index contributed by atoms with van der Waals surface area (Å²) in [5, 5.41) is 9.36. The van der Waals surface area contributed by atoms with E-state index in [2.05, 4.69) is 4.98 Å². The Morgan fingerprint density at radius 1 is 1.47 bits per heavy atom. The van der Waals surface area contributed by atoms with Gasteiger partial charge in [0.25, 0.3) is 0 Å². The van der Waals surface area contributed by atoms with Crippen LogP contribution in [0.15, 0.2) is 36.7 Å². The van der Waals surface area contributed by atoms with E-state index in [1.54, 1.807) is 24.0 Å². The molecule has 0 fully saturated rings. The Morgan fingerprint density at radius 3 is 2.76 bits per heavy atom. The number of aryl methyl sites for hydroxylation is 2. The molecule has 4 nitrogen and oxygen atoms in total. The normalized spacial score (nSPS) is 12.4. The Bertz CT molecular complexity index is 546. The van der Waals surface area contributed by atoms with E-state index in [9.17, 15) is 9.90 Å². The van der Waals surface area contributed by atoms with E-state index < -0.39 is 11.9 Å². The van der Waals surface area contributed by atoms with Crippen molar-refractivity contribution in [2.45, 2.75) is 12.8 Å². The summed E-state index contributed by atoms with van der Waals surface area (Å²) in [6.07, 6.45) is 3.36. The standard InChI is InChI=1S/C13H14N2O2/c1-9-4-3-5-10(8-9)11(13(16)17)12-14-6-7-15(12)2/h3-8,11H,1-2H3,(H,16,17). The first kappa shape index (κ1) is 11.4. The van der Waals surface area contributed by atoms with Crippen molar-refractivity contribution in [2.24, 2.45) is 7.05 Å². The van der Waals surface area contributed by atoms with Crippen LogP contribution < -0.4 is 0 Å². The zero-order valence-electron chi connectivity index (χ0n) is 9.79. The number of benzene rings is 1. The minimum atomic E-state index is -0.884. The highest BCUT2D eigenvalue weighted by Crippen LogP contribution is 2.23. The third-order valence-corrected chi connectivity index (χ3v) is 2.74. The molecule has 1 aromatic carbocycles. The second-order valence-electron chi connectivity index (χ2n) is 4.08. The molecule has 1 unspecified atom stereocenters. The first-order chi connectivity index (χ1) is 8.09. The predicted molar refractivity (Wildman–Crippen MR) is 63.9 cm³/mol. The van der Waals surface area contributed by atoms with Gasteiger partial charge in [0.15, 0.2) is 0 Å². The van der Waals surface area contributed by atoms with Gasteiger partial charge in [-0.3, -0.25) is 4.79 Å². The Morgan fingerprint density at radius 2 is 2.24 bits per heavy atom. The van der Waals surface area contributed by atoms with Crippen molar-refractivity contribution in [2.75, 3.05) is 0 Å². The molecule has 0 aliphatic rings. The highest BCUT2D eigenvalue weighted by atomic mass is 16.4. The van der Waals surface area contributed by atoms with E-state index in [1.165, 1.54) is 0 Å². The molecule has 1 atom stereocenters. The number of hydrogen-bond donors (Lipinski definition) is 1. The average Bonchev–Trinajstić information content (AvgIpc) is 2.65. The summed E-state index contributed by atoms with van der Waals surface area (Å²) in [6, 6.07) is 7.51. The summed E-state index contributed by atoms with van der Waals surface area (Å²) in [5.74, 6) is -1.05. The number of hydrogen-bond acceptors (Lipinski definition) is 2. The van der Waals surface area contributed by atoms with Crippen LogP contribution in [0, 0.1) is 6.92 Å². The highest BCUT2D eigenvalue weighted by molar-refractivity contribution is 5.79. The zero-order chi connectivity index (χ0) is 12.4. The summed E-state index contributed by atoms with van der Waals surface area (Å²) in [6.45, 7) is 1.95. The molecule has 0 aliphatic heterocycles. The zero-order valence-corrected chi connectivity index (χ0v) is 9.79. The SMILES string of the molecule is Cc1cccc(C(C(=O)O)c2nccn2C)c1. The number of carboxylic acids is 1. The van der Waals surface area contributed by atoms with Gasteiger partial charge in [0.2, 0.25) is 0 Å². The average molecular weight is 230 g/mol. The summed E-state index contributed by atoms with van der Waals surface area (Å²) >= 11 is 0. The third-order valence-electron chi connectivity index (χ3n) is 2.74. The van der Waals surface area contributed by atoms with Crippen molar-refractivity contribution >= 4 is 5.97 Å². The van der Waals surface area contributed by atoms with Gasteiger partial charge in [0.1, 0.15) is 11.7 Å². The van der Waals surface area contributed by atoms with Crippen LogP contribution in [0.1, 0.15) is 22.9 Å². The lowest BCUT2D eigenvalue weighted by molar-refractivity contribution is -0.137. The maximum Gasteiger partial charge on any atom is 0.318 e. The van der Waals surface area contributed by atoms with Crippen LogP contribution >= 0.6 is 0 Å². The van der Waals surface area contributed by atoms with Crippen molar-refractivity contribution in [3.8, 4) is 0 Å². The van der Waals surface area contributed by atoms with E-state index in [4.69, 9.17) is 0 Å². The topological polar surface area (TPSA) is 55.1 Å². The fraction of sp³-hybridized carbons (Fsp3) is 0.231. The predicted octanol–water partition coefficient (Wildman–Crippen LogP) is 1.95. The second-order valence-corrected chi connectivity index (χ2v) is 4.08. The van der Waals surface area contributed by atoms with Gasteiger partial charge in [-0.15, -0.1) is 0 Å². The number of nitrogens with zero attached hydrogens (tertiary/aromatic N) is 2. The summed E-state index contributed by atoms with van der Waals surface area (Å²) in [7, 11) is 1.80. The molecule has 0 bridgehead atoms. The van der Waals surface area contributed by atoms with Crippen LogP contribution in [0.25, 0.3) is 0 Å². The lowest BCUT2D eigenvalue weighted by Gasteiger charge is -2.13. The molecule has 1 N–H and O–H groups in total. The van der Waals surface area contributed by atoms with Gasteiger partial charge in [-0.25, -0.2) is 4.98 Å². The van der Waals surface area contributed by atoms with Gasteiger partial charge in [-0.1, -0.05) is 29.8 Å². The molecule has 17 heavy (non-hydrogen) atoms. The van der Waals surface area contributed by atoms with Crippen molar-refractivity contribution in [1.82, 2.24) is 9.55 Å². The number of carbonyl (C=O) groups is 1. The van der Waals surface area contributed by atoms with E-state index in [0.717, 1.165) is 11.1 Å². The molecule has 2 aromatic rings. The van der Waals surface area contributed by atoms with Gasteiger partial charge in [-0.2, -0.15) is 0 Å². The fourth-order valence-electron chi connectivity index (χ4n) is 1.91. The van der Waals surface area contributed by atoms with Crippen molar-refractivity contribution in [3.63, 3.8) is 0 Å². The molecular formula is C13H14N2O2. The molecule has 0 spiro atoms. The van der Waals surface area contributed by atoms with Crippen LogP contribution in [0.5, 0.6) is 0 Å². The smallest absolute Gasteiger partial charge is 0.318 e. The lowest BCUT2D eigenvalue weighted by Crippen LogP contribution is -2.17. The highest BCUT2D eigenvalue weighted by Gasteiger charge is 2.25. The van der Waals surface area contributed by atoms with E-state index >= 15 is 0 Å². The number of aliphatic carboxylic acids is 1. The third kappa shape index (κ3) is 2.20. The number of aromatic nitrogens is 2. The van der Waals surface area contributed by atoms with Crippen molar-refractivity contribution in [3.05, 3.63) is 53.6 Å². The fourth-order valence-corrected chi connectivity index (χ4v) is 1.91. The minimum absolute atomic E-state index is 0.545. The first-order valence-electron chi connectivity index (χ1n) is 5.36. The van der Waals surface area contributed by atoms with Gasteiger partial charge in [-0.05, 0) is 12.5 Å². The van der Waals surface area contributed by atoms with Crippen LogP contribution in [0.2, 0.25) is 0 Å². The first-order valence-corrected chi connectivity index (χ1v) is 5.36. The molecule has 88 valence electrons. The van der Waals surface area contributed by atoms with Crippen molar-refractivity contribution < 1.29 is 9.90 Å². The number of carboxylic acid groups (broad SMARTS) is 1. The number of rotatable bonds is 3. The second kappa shape index (κ2) is 4.41. The largest absolute Gasteiger partial charge is 0.480 e. The Labute approximate surface area is 99.5 Å². The molecule has 2 rings (SSSR count). The van der Waals surface area contributed by atoms with Crippen LogP contribution in [-0.4, -0.2) is 20.6 Å². The quantitative estimate of drug-likeness (QED) is 0.876. The lowest BCUT2D eigenvalue weighted by atomic mass is 9.97. The van der Waals surface area contributed by atoms with Gasteiger partial charge >= 0.3 is 5.97 Å². The molecular weight excluding hydrogens is 216 g/mol. The number of imidazole rings is 1. The maximum atomic E-state index is 11.4. The van der Waals surface area contributed by atoms with Gasteiger partial charge < -0.3 is 9.67 Å². The van der Waals surface area contributed by atoms with Gasteiger partial charge in [0.05, 0.1) is 0 Å². The van der Waals surface area contributed by atoms with Crippen molar-refractivity contribution in [1.29, 1.82) is 0 Å². The summed E-state index contributed by atoms with van der Waals surface area (Å²) < 4.78 is 1.74. The summed E-state index contributed by atoms with van der Waals surface area (Å²) in [4.78, 5) is 15.5. The van der Waals surface area contributed by atoms with Crippen LogP contribution in [0.3, 0.4) is 0 Å².